The van der Waals surface area contributed by atoms with Gasteiger partial charge in [0.2, 0.25) is 0 Å². The van der Waals surface area contributed by atoms with E-state index < -0.39 is 27.1 Å². The summed E-state index contributed by atoms with van der Waals surface area (Å²) in [7, 11) is -1.41. The molecule has 0 heterocycles. The third-order valence-corrected chi connectivity index (χ3v) is 5.04. The van der Waals surface area contributed by atoms with E-state index in [4.69, 9.17) is 11.6 Å². The molecule has 0 amide bonds. The number of benzene rings is 1. The third kappa shape index (κ3) is 3.87. The van der Waals surface area contributed by atoms with E-state index in [-0.39, 0.29) is 11.4 Å². The number of nitrogens with one attached hydrogen (secondary N) is 1. The molecule has 20 heavy (non-hydrogen) atoms. The van der Waals surface area contributed by atoms with Crippen molar-refractivity contribution in [1.29, 1.82) is 0 Å². The molecule has 0 saturated carbocycles. The van der Waals surface area contributed by atoms with Crippen molar-refractivity contribution >= 4 is 28.9 Å². The molecule has 0 bridgehead atoms. The van der Waals surface area contributed by atoms with Gasteiger partial charge in [-0.1, -0.05) is 23.7 Å². The van der Waals surface area contributed by atoms with Gasteiger partial charge in [0.05, 0.1) is 26.3 Å². The Kier molecular flexibility index (Phi) is 5.46. The summed E-state index contributed by atoms with van der Waals surface area (Å²) in [5.41, 5.74) is -0.567. The number of rotatable bonds is 5. The van der Waals surface area contributed by atoms with Crippen LogP contribution in [0.2, 0.25) is 5.02 Å². The van der Waals surface area contributed by atoms with Crippen LogP contribution in [-0.2, 0) is 21.3 Å². The average molecular weight is 320 g/mol. The van der Waals surface area contributed by atoms with Crippen molar-refractivity contribution in [1.82, 2.24) is 4.72 Å². The number of carbonyl (C=O) groups excluding carboxylic acids is 1. The maximum absolute atomic E-state index is 13.6. The van der Waals surface area contributed by atoms with Crippen molar-refractivity contribution in [2.24, 2.45) is 0 Å². The number of halogens is 2. The Morgan fingerprint density at radius 1 is 1.35 bits per heavy atom. The Bertz CT molecular complexity index is 530. The molecule has 1 rings (SSSR count). The van der Waals surface area contributed by atoms with Crippen LogP contribution in [-0.4, -0.2) is 15.2 Å². The van der Waals surface area contributed by atoms with Crippen LogP contribution in [0.1, 0.15) is 39.7 Å². The average Bonchev–Trinajstić information content (AvgIpc) is 2.31. The standard InChI is InChI=1S/C14H19ClFNO2S/c1-13(2,3)20(19)17-14(4,8-9-18)10-6-5-7-11(16)12(10)15/h5-7,9,17H,8H2,1-4H3/t14-,20?/m0/s1. The molecule has 2 atom stereocenters. The monoisotopic (exact) mass is 319 g/mol. The summed E-state index contributed by atoms with van der Waals surface area (Å²) in [6, 6.07) is 4.39. The topological polar surface area (TPSA) is 46.2 Å². The van der Waals surface area contributed by atoms with Crippen LogP contribution in [0.4, 0.5) is 4.39 Å². The Morgan fingerprint density at radius 2 is 1.95 bits per heavy atom. The zero-order valence-electron chi connectivity index (χ0n) is 12.0. The normalized spacial score (nSPS) is 16.5. The molecule has 0 spiro atoms. The molecule has 6 heteroatoms. The zero-order valence-corrected chi connectivity index (χ0v) is 13.6. The van der Waals surface area contributed by atoms with Crippen molar-refractivity contribution in [3.63, 3.8) is 0 Å². The van der Waals surface area contributed by atoms with Crippen LogP contribution >= 0.6 is 11.6 Å². The molecule has 0 saturated heterocycles. The summed E-state index contributed by atoms with van der Waals surface area (Å²) in [4.78, 5) is 10.9. The quantitative estimate of drug-likeness (QED) is 0.846. The van der Waals surface area contributed by atoms with Crippen LogP contribution in [0.15, 0.2) is 18.2 Å². The molecule has 0 aromatic heterocycles. The Morgan fingerprint density at radius 3 is 2.45 bits per heavy atom. The first-order valence-corrected chi connectivity index (χ1v) is 7.72. The van der Waals surface area contributed by atoms with E-state index in [0.717, 1.165) is 0 Å². The molecule has 112 valence electrons. The molecule has 0 aliphatic rings. The van der Waals surface area contributed by atoms with E-state index in [0.29, 0.717) is 11.8 Å². The van der Waals surface area contributed by atoms with E-state index in [1.54, 1.807) is 13.0 Å². The van der Waals surface area contributed by atoms with Crippen LogP contribution in [0.5, 0.6) is 0 Å². The van der Waals surface area contributed by atoms with Crippen LogP contribution in [0.25, 0.3) is 0 Å². The van der Waals surface area contributed by atoms with Crippen LogP contribution in [0, 0.1) is 5.82 Å². The molecule has 0 radical (unpaired) electrons. The maximum Gasteiger partial charge on any atom is 0.142 e. The van der Waals surface area contributed by atoms with Crippen molar-refractivity contribution in [2.45, 2.75) is 44.4 Å². The molecular weight excluding hydrogens is 301 g/mol. The van der Waals surface area contributed by atoms with Gasteiger partial charge < -0.3 is 4.79 Å². The van der Waals surface area contributed by atoms with Crippen molar-refractivity contribution in [3.05, 3.63) is 34.6 Å². The fourth-order valence-corrected chi connectivity index (χ4v) is 2.90. The zero-order chi connectivity index (χ0) is 15.6. The van der Waals surface area contributed by atoms with Crippen LogP contribution in [0.3, 0.4) is 0 Å². The minimum absolute atomic E-state index is 0.0397. The highest BCUT2D eigenvalue weighted by Crippen LogP contribution is 2.33. The van der Waals surface area contributed by atoms with E-state index in [9.17, 15) is 13.4 Å². The van der Waals surface area contributed by atoms with Gasteiger partial charge in [-0.3, -0.25) is 0 Å². The summed E-state index contributed by atoms with van der Waals surface area (Å²) >= 11 is 5.98. The first kappa shape index (κ1) is 17.3. The van der Waals surface area contributed by atoms with Crippen molar-refractivity contribution in [3.8, 4) is 0 Å². The molecule has 3 nitrogen and oxygen atoms in total. The summed E-state index contributed by atoms with van der Waals surface area (Å²) < 4.78 is 28.3. The lowest BCUT2D eigenvalue weighted by atomic mass is 9.90. The van der Waals surface area contributed by atoms with Gasteiger partial charge in [0.15, 0.2) is 0 Å². The number of aldehydes is 1. The summed E-state index contributed by atoms with van der Waals surface area (Å²) in [5.74, 6) is -0.565. The lowest BCUT2D eigenvalue weighted by molar-refractivity contribution is -0.108. The summed E-state index contributed by atoms with van der Waals surface area (Å²) in [6.45, 7) is 7.12. The third-order valence-electron chi connectivity index (χ3n) is 2.91. The van der Waals surface area contributed by atoms with E-state index in [2.05, 4.69) is 4.72 Å². The molecule has 1 N–H and O–H groups in total. The van der Waals surface area contributed by atoms with Crippen molar-refractivity contribution < 1.29 is 13.4 Å². The van der Waals surface area contributed by atoms with E-state index >= 15 is 0 Å². The van der Waals surface area contributed by atoms with Gasteiger partial charge in [-0.05, 0) is 39.3 Å². The van der Waals surface area contributed by atoms with Gasteiger partial charge in [0, 0.05) is 6.42 Å². The second kappa shape index (κ2) is 6.33. The van der Waals surface area contributed by atoms with Crippen LogP contribution < -0.4 is 4.72 Å². The predicted octanol–water partition coefficient (Wildman–Crippen LogP) is 3.34. The van der Waals surface area contributed by atoms with E-state index in [1.165, 1.54) is 12.1 Å². The lowest BCUT2D eigenvalue weighted by Gasteiger charge is -2.33. The highest BCUT2D eigenvalue weighted by Gasteiger charge is 2.34. The lowest BCUT2D eigenvalue weighted by Crippen LogP contribution is -2.46. The molecule has 1 aromatic rings. The van der Waals surface area contributed by atoms with Crippen molar-refractivity contribution in [2.75, 3.05) is 0 Å². The smallest absolute Gasteiger partial charge is 0.142 e. The molecule has 1 aromatic carbocycles. The summed E-state index contributed by atoms with van der Waals surface area (Å²) in [5, 5.41) is -0.0599. The SMILES string of the molecule is CC(C)(C)S(=O)N[C@@](C)(CC=O)c1cccc(F)c1Cl. The maximum atomic E-state index is 13.6. The summed E-state index contributed by atoms with van der Waals surface area (Å²) in [6.07, 6.45) is 0.742. The largest absolute Gasteiger partial charge is 0.303 e. The number of hydrogen-bond donors (Lipinski definition) is 1. The minimum Gasteiger partial charge on any atom is -0.303 e. The second-order valence-corrected chi connectivity index (χ2v) is 8.13. The molecule has 1 unspecified atom stereocenters. The minimum atomic E-state index is -1.41. The molecule has 0 aliphatic carbocycles. The van der Waals surface area contributed by atoms with E-state index in [1.807, 2.05) is 20.8 Å². The Labute approximate surface area is 126 Å². The Hall–Kier alpha value is -0.780. The van der Waals surface area contributed by atoms with Gasteiger partial charge in [0.25, 0.3) is 0 Å². The first-order chi connectivity index (χ1) is 9.12. The van der Waals surface area contributed by atoms with Gasteiger partial charge >= 0.3 is 0 Å². The highest BCUT2D eigenvalue weighted by atomic mass is 35.5. The fourth-order valence-electron chi connectivity index (χ4n) is 1.66. The molecule has 0 aliphatic heterocycles. The van der Waals surface area contributed by atoms with Gasteiger partial charge in [-0.2, -0.15) is 0 Å². The van der Waals surface area contributed by atoms with Gasteiger partial charge in [0.1, 0.15) is 12.1 Å². The predicted molar refractivity (Wildman–Crippen MR) is 80.5 cm³/mol. The number of carbonyl (C=O) groups is 1. The highest BCUT2D eigenvalue weighted by molar-refractivity contribution is 7.84. The van der Waals surface area contributed by atoms with Gasteiger partial charge in [-0.15, -0.1) is 0 Å². The second-order valence-electron chi connectivity index (χ2n) is 5.79. The fraction of sp³-hybridized carbons (Fsp3) is 0.500. The Balaban J connectivity index is 3.24. The molecule has 0 fully saturated rings. The molecular formula is C14H19ClFNO2S. The first-order valence-electron chi connectivity index (χ1n) is 6.19. The number of hydrogen-bond acceptors (Lipinski definition) is 2. The van der Waals surface area contributed by atoms with Gasteiger partial charge in [-0.25, -0.2) is 13.3 Å².